The summed E-state index contributed by atoms with van der Waals surface area (Å²) in [5.41, 5.74) is 1.69. The van der Waals surface area contributed by atoms with Crippen molar-refractivity contribution in [2.24, 2.45) is 0 Å². The molecule has 0 spiro atoms. The van der Waals surface area contributed by atoms with Crippen molar-refractivity contribution in [2.75, 3.05) is 76.4 Å². The zero-order valence-corrected chi connectivity index (χ0v) is 56.8. The number of aromatic nitrogens is 6. The maximum absolute atomic E-state index is 14.4. The number of amides is 12. The van der Waals surface area contributed by atoms with Gasteiger partial charge >= 0.3 is 24.3 Å². The largest absolute Gasteiger partial charge is 0.422 e. The molecule has 101 heavy (non-hydrogen) atoms. The molecule has 40 heteroatoms. The number of hydrogen-bond acceptors (Lipinski definition) is 15. The van der Waals surface area contributed by atoms with E-state index in [1.165, 1.54) is 79.3 Å². The molecule has 3 atom stereocenters. The number of hydrogen-bond donors (Lipinski definition) is 6. The number of halogens is 10. The van der Waals surface area contributed by atoms with E-state index in [9.17, 15) is 78.3 Å². The fraction of sp³-hybridized carbons (Fsp3) is 0.410. The van der Waals surface area contributed by atoms with Crippen molar-refractivity contribution in [1.82, 2.24) is 75.2 Å². The van der Waals surface area contributed by atoms with E-state index in [2.05, 4.69) is 57.8 Å². The summed E-state index contributed by atoms with van der Waals surface area (Å²) in [6, 6.07) is 5.00. The minimum Gasteiger partial charge on any atom is -0.354 e. The number of benzene rings is 3. The van der Waals surface area contributed by atoms with Crippen molar-refractivity contribution in [3.8, 4) is 0 Å². The fourth-order valence-electron chi connectivity index (χ4n) is 11.6. The van der Waals surface area contributed by atoms with Crippen molar-refractivity contribution in [3.63, 3.8) is 0 Å². The van der Waals surface area contributed by atoms with Gasteiger partial charge in [-0.05, 0) is 52.3 Å². The van der Waals surface area contributed by atoms with Gasteiger partial charge in [0.2, 0.25) is 17.7 Å². The Morgan fingerprint density at radius 1 is 0.525 bits per heavy atom. The van der Waals surface area contributed by atoms with Gasteiger partial charge in [0.15, 0.2) is 5.82 Å². The van der Waals surface area contributed by atoms with Gasteiger partial charge in [0.05, 0.1) is 77.2 Å². The van der Waals surface area contributed by atoms with E-state index in [-0.39, 0.29) is 135 Å². The number of anilines is 3. The lowest BCUT2D eigenvalue weighted by Gasteiger charge is -2.27. The van der Waals surface area contributed by atoms with E-state index in [4.69, 9.17) is 26.1 Å². The monoisotopic (exact) mass is 1510 g/mol. The highest BCUT2D eigenvalue weighted by Gasteiger charge is 2.42. The second kappa shape index (κ2) is 30.5. The Morgan fingerprint density at radius 3 is 1.28 bits per heavy atom. The summed E-state index contributed by atoms with van der Waals surface area (Å²) in [6.45, 7) is 6.23. The summed E-state index contributed by atoms with van der Waals surface area (Å²) in [5, 5.41) is 31.6. The number of fused-ring (bicyclic) bond motifs is 9. The average molecular weight is 1510 g/mol. The van der Waals surface area contributed by atoms with Crippen LogP contribution in [-0.4, -0.2) is 191 Å². The molecule has 3 aromatic carbocycles. The molecule has 0 radical (unpaired) electrons. The summed E-state index contributed by atoms with van der Waals surface area (Å²) >= 11 is 8.79. The lowest BCUT2D eigenvalue weighted by atomic mass is 10.0. The number of rotatable bonds is 9. The van der Waals surface area contributed by atoms with Gasteiger partial charge in [-0.15, -0.1) is 0 Å². The Morgan fingerprint density at radius 2 is 0.901 bits per heavy atom. The number of carbonyl (C=O) groups excluding carboxylic acids is 9. The van der Waals surface area contributed by atoms with E-state index >= 15 is 0 Å². The topological polar surface area (TPSA) is 326 Å². The fourth-order valence-corrected chi connectivity index (χ4v) is 12.2. The molecule has 6 aromatic rings. The van der Waals surface area contributed by atoms with Crippen LogP contribution in [0.2, 0.25) is 5.02 Å². The van der Waals surface area contributed by atoms with Crippen molar-refractivity contribution < 1.29 is 92.8 Å². The van der Waals surface area contributed by atoms with Crippen LogP contribution in [0, 0.1) is 29.1 Å². The minimum atomic E-state index is -5.29. The highest BCUT2D eigenvalue weighted by atomic mass is 79.9. The van der Waals surface area contributed by atoms with Crippen LogP contribution < -0.4 is 31.9 Å². The van der Waals surface area contributed by atoms with E-state index in [1.54, 1.807) is 9.58 Å². The van der Waals surface area contributed by atoms with Crippen LogP contribution >= 0.6 is 27.5 Å². The van der Waals surface area contributed by atoms with Crippen LogP contribution in [-0.2, 0) is 93.6 Å². The average Bonchev–Trinajstić information content (AvgIpc) is 1.64. The summed E-state index contributed by atoms with van der Waals surface area (Å²) in [4.78, 5) is 132. The van der Waals surface area contributed by atoms with Crippen LogP contribution in [0.3, 0.4) is 0 Å². The SMILES string of the molecule is CC(=O)NC[C@@H]1Cn2nc3c(c2C(=O)N(C)O1)CN(C(=O)Nc1cc(Cl)c(F)cc1F)CC3.CC(=O)NC[C@@H]1Cn2nc3c(c2C(=O)N(C)O1)CN(C(=O)Nc1ccc(F)c(Br)c1)CC3.CC(=O)NC[C@@H]1Cn2nc3c(c2C(=O)N(C)O1)CN(C(=O)Nc1ccc(F)c(C(F)(F)F)c1F)CC3. The first-order valence-electron chi connectivity index (χ1n) is 30.9. The summed E-state index contributed by atoms with van der Waals surface area (Å²) in [6.07, 6.45) is -5.79. The van der Waals surface area contributed by atoms with Crippen molar-refractivity contribution in [2.45, 2.75) is 104 Å². The number of nitrogens with one attached hydrogen (secondary N) is 6. The molecule has 6 N–H and O–H groups in total. The van der Waals surface area contributed by atoms with Crippen molar-refractivity contribution in [3.05, 3.63) is 137 Å². The highest BCUT2D eigenvalue weighted by molar-refractivity contribution is 9.10. The predicted molar refractivity (Wildman–Crippen MR) is 340 cm³/mol. The molecule has 0 bridgehead atoms. The molecule has 0 fully saturated rings. The Bertz CT molecular complexity index is 4310. The highest BCUT2D eigenvalue weighted by Crippen LogP contribution is 2.37. The standard InChI is InChI=1S/C21H21F5N6O4.C20H22BrFN6O4.C20H21ClF2N6O4/c1-10(33)27-7-11-8-32-18(19(34)30(2)36-11)12-9-31(6-5-14(12)29-32)20(35)28-15-4-3-13(22)16(17(15)23)21(24,25)26;1-11(29)23-8-13-9-28-18(19(30)26(2)32-13)14-10-27(6-5-17(14)25-28)20(31)24-12-3-4-16(22)15(21)7-12;1-10(30)24-7-11-8-29-18(19(31)27(2)33-11)12-9-28(4-3-16(12)26-29)20(32)25-17-5-13(21)14(22)6-15(17)23/h3-4,11H,5-9H2,1-2H3,(H,27,33)(H,28,35);3-4,7,13H,5-6,8-10H2,1-2H3,(H,23,29)(H,24,31);5-6,11H,3-4,7-9H2,1-2H3,(H,24,30)(H,25,32)/t11-;13-;11-/m111/s1. The van der Waals surface area contributed by atoms with E-state index in [0.717, 1.165) is 26.9 Å². The third-order valence-electron chi connectivity index (χ3n) is 16.5. The van der Waals surface area contributed by atoms with Crippen LogP contribution in [0.4, 0.5) is 66.6 Å². The third kappa shape index (κ3) is 16.8. The number of hydroxylamine groups is 6. The molecule has 540 valence electrons. The molecule has 9 heterocycles. The Hall–Kier alpha value is -9.99. The van der Waals surface area contributed by atoms with E-state index in [1.807, 2.05) is 5.32 Å². The number of urea groups is 3. The Labute approximate surface area is 581 Å². The van der Waals surface area contributed by atoms with Gasteiger partial charge < -0.3 is 46.6 Å². The first kappa shape index (κ1) is 73.7. The molecule has 0 unspecified atom stereocenters. The molecule has 6 aliphatic heterocycles. The van der Waals surface area contributed by atoms with Crippen LogP contribution in [0.5, 0.6) is 0 Å². The maximum atomic E-state index is 14.4. The first-order chi connectivity index (χ1) is 47.7. The van der Waals surface area contributed by atoms with Gasteiger partial charge in [-0.25, -0.2) is 51.5 Å². The number of alkyl halides is 3. The quantitative estimate of drug-likeness (QED) is 0.0702. The lowest BCUT2D eigenvalue weighted by molar-refractivity contribution is -0.148. The van der Waals surface area contributed by atoms with Gasteiger partial charge in [0.1, 0.15) is 64.2 Å². The molecule has 3 aromatic heterocycles. The zero-order valence-electron chi connectivity index (χ0n) is 54.4. The molecule has 30 nitrogen and oxygen atoms in total. The zero-order chi connectivity index (χ0) is 73.2. The minimum absolute atomic E-state index is 0.0585. The summed E-state index contributed by atoms with van der Waals surface area (Å²) < 4.78 is 113. The van der Waals surface area contributed by atoms with Gasteiger partial charge in [-0.1, -0.05) is 11.6 Å². The molecule has 12 amide bonds. The normalized spacial score (nSPS) is 17.9. The van der Waals surface area contributed by atoms with Crippen LogP contribution in [0.1, 0.15) is 91.6 Å². The number of carbonyl (C=O) groups is 9. The maximum Gasteiger partial charge on any atom is 0.422 e. The molecule has 0 saturated carbocycles. The molecule has 12 rings (SSSR count). The molecule has 6 aliphatic rings. The molecule has 0 saturated heterocycles. The van der Waals surface area contributed by atoms with Gasteiger partial charge in [0.25, 0.3) is 17.7 Å². The van der Waals surface area contributed by atoms with E-state index in [0.29, 0.717) is 77.0 Å². The van der Waals surface area contributed by atoms with Crippen LogP contribution in [0.15, 0.2) is 46.9 Å². The Balaban J connectivity index is 0.000000164. The Kier molecular flexibility index (Phi) is 22.2. The first-order valence-corrected chi connectivity index (χ1v) is 32.1. The van der Waals surface area contributed by atoms with Crippen molar-refractivity contribution in [1.29, 1.82) is 0 Å². The molecular weight excluding hydrogens is 1440 g/mol. The lowest BCUT2D eigenvalue weighted by Crippen LogP contribution is -2.40. The van der Waals surface area contributed by atoms with Gasteiger partial charge in [-0.3, -0.25) is 57.3 Å². The van der Waals surface area contributed by atoms with Crippen molar-refractivity contribution >= 4 is 98.1 Å². The molecular formula is C61H64BrClF8N18O12. The number of nitrogens with zero attached hydrogens (tertiary/aromatic N) is 12. The van der Waals surface area contributed by atoms with Gasteiger partial charge in [-0.2, -0.15) is 28.5 Å². The second-order valence-electron chi connectivity index (χ2n) is 23.7. The predicted octanol–water partition coefficient (Wildman–Crippen LogP) is 6.12. The summed E-state index contributed by atoms with van der Waals surface area (Å²) in [5.74, 6) is -8.10. The van der Waals surface area contributed by atoms with Gasteiger partial charge in [0, 0.05) is 129 Å². The summed E-state index contributed by atoms with van der Waals surface area (Å²) in [7, 11) is 4.37. The molecule has 0 aliphatic carbocycles. The van der Waals surface area contributed by atoms with Crippen LogP contribution in [0.25, 0.3) is 0 Å². The van der Waals surface area contributed by atoms with E-state index < -0.39 is 88.7 Å². The smallest absolute Gasteiger partial charge is 0.354 e. The second-order valence-corrected chi connectivity index (χ2v) is 25.0. The third-order valence-corrected chi connectivity index (χ3v) is 17.4.